The summed E-state index contributed by atoms with van der Waals surface area (Å²) in [6.45, 7) is 2.60. The maximum atomic E-state index is 10.3. The first-order valence-corrected chi connectivity index (χ1v) is 8.27. The van der Waals surface area contributed by atoms with Crippen LogP contribution in [-0.2, 0) is 0 Å². The van der Waals surface area contributed by atoms with E-state index < -0.39 is 0 Å². The highest BCUT2D eigenvalue weighted by Gasteiger charge is 2.35. The van der Waals surface area contributed by atoms with Gasteiger partial charge in [0.25, 0.3) is 0 Å². The number of aliphatic hydroxyl groups is 1. The molecule has 0 aromatic carbocycles. The fraction of sp³-hybridized carbons (Fsp3) is 1.00. The second-order valence-corrected chi connectivity index (χ2v) is 6.85. The molecule has 104 valence electrons. The predicted molar refractivity (Wildman–Crippen MR) is 74.5 cm³/mol. The van der Waals surface area contributed by atoms with Crippen molar-refractivity contribution in [2.24, 2.45) is 11.8 Å². The Balaban J connectivity index is 1.58. The first-order chi connectivity index (χ1) is 8.84. The quantitative estimate of drug-likeness (QED) is 0.829. The molecule has 3 aliphatic rings. The second kappa shape index (κ2) is 5.92. The van der Waals surface area contributed by atoms with Crippen LogP contribution in [0.5, 0.6) is 0 Å². The normalized spacial score (nSPS) is 38.8. The molecule has 0 amide bonds. The van der Waals surface area contributed by atoms with Crippen LogP contribution in [0, 0.1) is 11.8 Å². The van der Waals surface area contributed by atoms with E-state index in [1.807, 2.05) is 0 Å². The minimum Gasteiger partial charge on any atom is -0.393 e. The summed E-state index contributed by atoms with van der Waals surface area (Å²) in [4.78, 5) is 2.74. The molecule has 2 heteroatoms. The van der Waals surface area contributed by atoms with Crippen LogP contribution in [-0.4, -0.2) is 35.2 Å². The Labute approximate surface area is 112 Å². The molecule has 3 rings (SSSR count). The third-order valence-electron chi connectivity index (χ3n) is 5.46. The molecule has 0 bridgehead atoms. The van der Waals surface area contributed by atoms with Gasteiger partial charge in [-0.1, -0.05) is 32.1 Å². The van der Waals surface area contributed by atoms with Gasteiger partial charge in [-0.2, -0.15) is 0 Å². The van der Waals surface area contributed by atoms with Crippen molar-refractivity contribution in [1.29, 1.82) is 0 Å². The fourth-order valence-electron chi connectivity index (χ4n) is 4.12. The van der Waals surface area contributed by atoms with Gasteiger partial charge in [0, 0.05) is 12.0 Å². The number of rotatable bonds is 4. The Morgan fingerprint density at radius 2 is 1.67 bits per heavy atom. The summed E-state index contributed by atoms with van der Waals surface area (Å²) in [5.41, 5.74) is 0. The molecule has 3 atom stereocenters. The molecule has 1 saturated heterocycles. The molecule has 1 aliphatic heterocycles. The maximum Gasteiger partial charge on any atom is 0.0583 e. The topological polar surface area (TPSA) is 23.5 Å². The molecule has 2 saturated carbocycles. The lowest BCUT2D eigenvalue weighted by Gasteiger charge is -2.44. The molecule has 0 spiro atoms. The van der Waals surface area contributed by atoms with Crippen molar-refractivity contribution in [3.63, 3.8) is 0 Å². The second-order valence-electron chi connectivity index (χ2n) is 6.85. The smallest absolute Gasteiger partial charge is 0.0583 e. The average molecular weight is 251 g/mol. The molecule has 1 N–H and O–H groups in total. The zero-order valence-electron chi connectivity index (χ0n) is 11.7. The number of hydrogen-bond donors (Lipinski definition) is 1. The average Bonchev–Trinajstić information content (AvgIpc) is 3.22. The standard InChI is InChI=1S/C16H29NO/c18-16-7-2-1-5-14(16)15-6-3-4-11-17(15)12-10-13-8-9-13/h13-16,18H,1-12H2. The minimum atomic E-state index is -0.00900. The third-order valence-corrected chi connectivity index (χ3v) is 5.46. The van der Waals surface area contributed by atoms with E-state index in [0.29, 0.717) is 12.0 Å². The minimum absolute atomic E-state index is 0.00900. The van der Waals surface area contributed by atoms with Crippen molar-refractivity contribution in [2.45, 2.75) is 76.4 Å². The molecular formula is C16H29NO. The van der Waals surface area contributed by atoms with E-state index in [9.17, 15) is 5.11 Å². The van der Waals surface area contributed by atoms with Crippen LogP contribution in [0.3, 0.4) is 0 Å². The van der Waals surface area contributed by atoms with Crippen LogP contribution >= 0.6 is 0 Å². The molecular weight excluding hydrogens is 222 g/mol. The fourth-order valence-corrected chi connectivity index (χ4v) is 4.12. The first-order valence-electron chi connectivity index (χ1n) is 8.27. The first kappa shape index (κ1) is 12.9. The lowest BCUT2D eigenvalue weighted by atomic mass is 9.78. The van der Waals surface area contributed by atoms with Gasteiger partial charge in [-0.05, 0) is 51.1 Å². The van der Waals surface area contributed by atoms with Gasteiger partial charge < -0.3 is 10.0 Å². The predicted octanol–water partition coefficient (Wildman–Crippen LogP) is 3.19. The van der Waals surface area contributed by atoms with Crippen molar-refractivity contribution >= 4 is 0 Å². The highest BCUT2D eigenvalue weighted by molar-refractivity contribution is 4.89. The summed E-state index contributed by atoms with van der Waals surface area (Å²) in [6, 6.07) is 0.702. The highest BCUT2D eigenvalue weighted by atomic mass is 16.3. The Hall–Kier alpha value is -0.0800. The monoisotopic (exact) mass is 251 g/mol. The Morgan fingerprint density at radius 3 is 2.44 bits per heavy atom. The molecule has 3 fully saturated rings. The van der Waals surface area contributed by atoms with Crippen LogP contribution in [0.4, 0.5) is 0 Å². The number of aliphatic hydroxyl groups excluding tert-OH is 1. The zero-order chi connectivity index (χ0) is 12.4. The van der Waals surface area contributed by atoms with Crippen molar-refractivity contribution in [1.82, 2.24) is 4.90 Å². The SMILES string of the molecule is OC1CCCCC1C1CCCCN1CCC1CC1. The lowest BCUT2D eigenvalue weighted by molar-refractivity contribution is -0.00626. The van der Waals surface area contributed by atoms with Gasteiger partial charge in [-0.3, -0.25) is 0 Å². The number of piperidine rings is 1. The number of likely N-dealkylation sites (tertiary alicyclic amines) is 1. The third kappa shape index (κ3) is 3.08. The summed E-state index contributed by atoms with van der Waals surface area (Å²) >= 11 is 0. The summed E-state index contributed by atoms with van der Waals surface area (Å²) in [7, 11) is 0. The summed E-state index contributed by atoms with van der Waals surface area (Å²) in [5, 5.41) is 10.3. The molecule has 2 aliphatic carbocycles. The Morgan fingerprint density at radius 1 is 0.889 bits per heavy atom. The summed E-state index contributed by atoms with van der Waals surface area (Å²) in [5.74, 6) is 1.63. The van der Waals surface area contributed by atoms with Crippen molar-refractivity contribution < 1.29 is 5.11 Å². The lowest BCUT2D eigenvalue weighted by Crippen LogP contribution is -2.49. The van der Waals surface area contributed by atoms with E-state index >= 15 is 0 Å². The van der Waals surface area contributed by atoms with Gasteiger partial charge in [0.2, 0.25) is 0 Å². The van der Waals surface area contributed by atoms with E-state index in [1.165, 1.54) is 70.9 Å². The van der Waals surface area contributed by atoms with Gasteiger partial charge in [0.05, 0.1) is 6.10 Å². The van der Waals surface area contributed by atoms with Crippen molar-refractivity contribution in [3.05, 3.63) is 0 Å². The van der Waals surface area contributed by atoms with Crippen LogP contribution in [0.15, 0.2) is 0 Å². The van der Waals surface area contributed by atoms with E-state index in [-0.39, 0.29) is 6.10 Å². The van der Waals surface area contributed by atoms with Gasteiger partial charge >= 0.3 is 0 Å². The number of nitrogens with zero attached hydrogens (tertiary/aromatic N) is 1. The molecule has 0 radical (unpaired) electrons. The molecule has 3 unspecified atom stereocenters. The highest BCUT2D eigenvalue weighted by Crippen LogP contribution is 2.36. The van der Waals surface area contributed by atoms with Gasteiger partial charge in [-0.15, -0.1) is 0 Å². The van der Waals surface area contributed by atoms with Crippen LogP contribution in [0.25, 0.3) is 0 Å². The Bertz CT molecular complexity index is 264. The van der Waals surface area contributed by atoms with Crippen LogP contribution in [0.1, 0.15) is 64.2 Å². The summed E-state index contributed by atoms with van der Waals surface area (Å²) < 4.78 is 0. The molecule has 2 nitrogen and oxygen atoms in total. The molecule has 1 heterocycles. The number of hydrogen-bond acceptors (Lipinski definition) is 2. The molecule has 0 aromatic rings. The van der Waals surface area contributed by atoms with E-state index in [4.69, 9.17) is 0 Å². The van der Waals surface area contributed by atoms with E-state index in [2.05, 4.69) is 4.90 Å². The molecule has 0 aromatic heterocycles. The van der Waals surface area contributed by atoms with Crippen LogP contribution < -0.4 is 0 Å². The van der Waals surface area contributed by atoms with Crippen molar-refractivity contribution in [2.75, 3.05) is 13.1 Å². The molecule has 18 heavy (non-hydrogen) atoms. The Kier molecular flexibility index (Phi) is 4.25. The maximum absolute atomic E-state index is 10.3. The largest absolute Gasteiger partial charge is 0.393 e. The van der Waals surface area contributed by atoms with Gasteiger partial charge in [0.1, 0.15) is 0 Å². The van der Waals surface area contributed by atoms with E-state index in [1.54, 1.807) is 0 Å². The van der Waals surface area contributed by atoms with Gasteiger partial charge in [0.15, 0.2) is 0 Å². The van der Waals surface area contributed by atoms with E-state index in [0.717, 1.165) is 12.3 Å². The van der Waals surface area contributed by atoms with Crippen molar-refractivity contribution in [3.8, 4) is 0 Å². The zero-order valence-corrected chi connectivity index (χ0v) is 11.7. The summed E-state index contributed by atoms with van der Waals surface area (Å²) in [6.07, 6.45) is 13.4. The van der Waals surface area contributed by atoms with Gasteiger partial charge in [-0.25, -0.2) is 0 Å². The van der Waals surface area contributed by atoms with Crippen LogP contribution in [0.2, 0.25) is 0 Å².